The van der Waals surface area contributed by atoms with Crippen LogP contribution in [0.25, 0.3) is 0 Å². The predicted molar refractivity (Wildman–Crippen MR) is 53.1 cm³/mol. The highest BCUT2D eigenvalue weighted by molar-refractivity contribution is 6.32. The minimum atomic E-state index is -0.195. The standard InChI is InChI=1S/C10H10ClNO/c1-2-7-12-10(13)8-5-3-4-6-9(8)11/h1,3,5H,4,6-7H2,(H,12,13). The molecule has 2 nitrogen and oxygen atoms in total. The molecule has 0 bridgehead atoms. The summed E-state index contributed by atoms with van der Waals surface area (Å²) in [5.41, 5.74) is 0.531. The van der Waals surface area contributed by atoms with Gasteiger partial charge in [-0.05, 0) is 12.8 Å². The SMILES string of the molecule is C#CCNC(=O)C1=C(Cl)CCC=C1. The molecule has 13 heavy (non-hydrogen) atoms. The molecule has 0 aromatic carbocycles. The van der Waals surface area contributed by atoms with E-state index in [4.69, 9.17) is 18.0 Å². The van der Waals surface area contributed by atoms with Crippen molar-refractivity contribution in [2.24, 2.45) is 0 Å². The van der Waals surface area contributed by atoms with Crippen LogP contribution >= 0.6 is 11.6 Å². The third-order valence-corrected chi connectivity index (χ3v) is 2.10. The van der Waals surface area contributed by atoms with E-state index in [0.29, 0.717) is 10.6 Å². The number of terminal acetylenes is 1. The Morgan fingerprint density at radius 3 is 3.15 bits per heavy atom. The predicted octanol–water partition coefficient (Wildman–Crippen LogP) is 1.58. The van der Waals surface area contributed by atoms with Crippen LogP contribution in [0.1, 0.15) is 12.8 Å². The number of carbonyl (C=O) groups excluding carboxylic acids is 1. The van der Waals surface area contributed by atoms with Crippen LogP contribution in [0, 0.1) is 12.3 Å². The molecule has 0 fully saturated rings. The van der Waals surface area contributed by atoms with Gasteiger partial charge in [0, 0.05) is 5.03 Å². The minimum Gasteiger partial charge on any atom is -0.341 e. The van der Waals surface area contributed by atoms with Gasteiger partial charge >= 0.3 is 0 Å². The molecule has 0 heterocycles. The molecule has 1 amide bonds. The average Bonchev–Trinajstić information content (AvgIpc) is 2.15. The van der Waals surface area contributed by atoms with Crippen molar-refractivity contribution in [2.45, 2.75) is 12.8 Å². The third kappa shape index (κ3) is 2.64. The lowest BCUT2D eigenvalue weighted by atomic mass is 10.1. The maximum absolute atomic E-state index is 11.4. The van der Waals surface area contributed by atoms with E-state index in [1.54, 1.807) is 6.08 Å². The number of halogens is 1. The second-order valence-electron chi connectivity index (χ2n) is 2.65. The highest BCUT2D eigenvalue weighted by Gasteiger charge is 2.12. The number of hydrogen-bond donors (Lipinski definition) is 1. The first-order valence-corrected chi connectivity index (χ1v) is 4.40. The Bertz CT molecular complexity index is 309. The van der Waals surface area contributed by atoms with Crippen molar-refractivity contribution in [1.82, 2.24) is 5.32 Å². The Kier molecular flexibility index (Phi) is 3.60. The fraction of sp³-hybridized carbons (Fsp3) is 0.300. The Morgan fingerprint density at radius 1 is 1.77 bits per heavy atom. The van der Waals surface area contributed by atoms with Crippen molar-refractivity contribution in [1.29, 1.82) is 0 Å². The second-order valence-corrected chi connectivity index (χ2v) is 3.10. The lowest BCUT2D eigenvalue weighted by molar-refractivity contribution is -0.117. The molecule has 0 aliphatic heterocycles. The maximum Gasteiger partial charge on any atom is 0.253 e. The number of carbonyl (C=O) groups is 1. The van der Waals surface area contributed by atoms with Crippen LogP contribution in [-0.4, -0.2) is 12.5 Å². The molecule has 0 atom stereocenters. The average molecular weight is 196 g/mol. The van der Waals surface area contributed by atoms with E-state index in [1.165, 1.54) is 0 Å². The zero-order valence-corrected chi connectivity index (χ0v) is 7.90. The zero-order valence-electron chi connectivity index (χ0n) is 7.14. The number of nitrogens with one attached hydrogen (secondary N) is 1. The number of allylic oxidation sites excluding steroid dienone is 2. The zero-order chi connectivity index (χ0) is 9.68. The molecule has 0 unspecified atom stereocenters. The minimum absolute atomic E-state index is 0.195. The summed E-state index contributed by atoms with van der Waals surface area (Å²) in [6.45, 7) is 0.236. The van der Waals surface area contributed by atoms with Gasteiger partial charge < -0.3 is 5.32 Å². The van der Waals surface area contributed by atoms with Crippen LogP contribution in [0.15, 0.2) is 22.8 Å². The van der Waals surface area contributed by atoms with Crippen molar-refractivity contribution in [2.75, 3.05) is 6.54 Å². The highest BCUT2D eigenvalue weighted by atomic mass is 35.5. The normalized spacial score (nSPS) is 15.4. The molecule has 3 heteroatoms. The summed E-state index contributed by atoms with van der Waals surface area (Å²) in [7, 11) is 0. The van der Waals surface area contributed by atoms with E-state index < -0.39 is 0 Å². The summed E-state index contributed by atoms with van der Waals surface area (Å²) in [5.74, 6) is 2.14. The van der Waals surface area contributed by atoms with Gasteiger partial charge in [0.05, 0.1) is 12.1 Å². The monoisotopic (exact) mass is 195 g/mol. The van der Waals surface area contributed by atoms with E-state index in [-0.39, 0.29) is 12.5 Å². The summed E-state index contributed by atoms with van der Waals surface area (Å²) in [6.07, 6.45) is 10.3. The van der Waals surface area contributed by atoms with Crippen molar-refractivity contribution >= 4 is 17.5 Å². The van der Waals surface area contributed by atoms with E-state index in [9.17, 15) is 4.79 Å². The van der Waals surface area contributed by atoms with E-state index in [0.717, 1.165) is 12.8 Å². The summed E-state index contributed by atoms with van der Waals surface area (Å²) in [6, 6.07) is 0. The smallest absolute Gasteiger partial charge is 0.253 e. The first-order chi connectivity index (χ1) is 6.25. The first-order valence-electron chi connectivity index (χ1n) is 4.02. The lowest BCUT2D eigenvalue weighted by Crippen LogP contribution is -2.25. The molecule has 0 aromatic heterocycles. The fourth-order valence-corrected chi connectivity index (χ4v) is 1.32. The summed E-state index contributed by atoms with van der Waals surface area (Å²) >= 11 is 5.87. The topological polar surface area (TPSA) is 29.1 Å². The molecule has 1 N–H and O–H groups in total. The number of rotatable bonds is 2. The van der Waals surface area contributed by atoms with E-state index in [1.807, 2.05) is 6.08 Å². The van der Waals surface area contributed by atoms with Gasteiger partial charge in [0.25, 0.3) is 5.91 Å². The summed E-state index contributed by atoms with van der Waals surface area (Å²) < 4.78 is 0. The van der Waals surface area contributed by atoms with Crippen LogP contribution in [0.2, 0.25) is 0 Å². The molecule has 1 aliphatic rings. The quantitative estimate of drug-likeness (QED) is 0.666. The van der Waals surface area contributed by atoms with Crippen molar-refractivity contribution in [3.05, 3.63) is 22.8 Å². The Hall–Kier alpha value is -1.20. The van der Waals surface area contributed by atoms with Gasteiger partial charge in [-0.25, -0.2) is 0 Å². The van der Waals surface area contributed by atoms with Crippen LogP contribution in [0.5, 0.6) is 0 Å². The molecular weight excluding hydrogens is 186 g/mol. The molecule has 0 spiro atoms. The largest absolute Gasteiger partial charge is 0.341 e. The molecule has 68 valence electrons. The van der Waals surface area contributed by atoms with Gasteiger partial charge in [0.1, 0.15) is 0 Å². The van der Waals surface area contributed by atoms with E-state index in [2.05, 4.69) is 11.2 Å². The second kappa shape index (κ2) is 4.74. The van der Waals surface area contributed by atoms with Crippen molar-refractivity contribution < 1.29 is 4.79 Å². The molecule has 1 rings (SSSR count). The van der Waals surface area contributed by atoms with Gasteiger partial charge in [0.15, 0.2) is 0 Å². The van der Waals surface area contributed by atoms with Crippen LogP contribution in [-0.2, 0) is 4.79 Å². The molecule has 0 saturated carbocycles. The van der Waals surface area contributed by atoms with Gasteiger partial charge in [-0.1, -0.05) is 29.7 Å². The third-order valence-electron chi connectivity index (χ3n) is 1.70. The molecule has 0 radical (unpaired) electrons. The fourth-order valence-electron chi connectivity index (χ4n) is 1.06. The summed E-state index contributed by atoms with van der Waals surface area (Å²) in [5, 5.41) is 3.17. The summed E-state index contributed by atoms with van der Waals surface area (Å²) in [4.78, 5) is 11.4. The Balaban J connectivity index is 2.66. The number of amides is 1. The van der Waals surface area contributed by atoms with Crippen LogP contribution in [0.3, 0.4) is 0 Å². The van der Waals surface area contributed by atoms with Gasteiger partial charge in [-0.2, -0.15) is 0 Å². The first kappa shape index (κ1) is 9.88. The lowest BCUT2D eigenvalue weighted by Gasteiger charge is -2.09. The Labute approximate surface area is 82.7 Å². The van der Waals surface area contributed by atoms with E-state index >= 15 is 0 Å². The van der Waals surface area contributed by atoms with Gasteiger partial charge in [-0.3, -0.25) is 4.79 Å². The number of hydrogen-bond acceptors (Lipinski definition) is 1. The van der Waals surface area contributed by atoms with Crippen LogP contribution < -0.4 is 5.32 Å². The van der Waals surface area contributed by atoms with Gasteiger partial charge in [0.2, 0.25) is 0 Å². The van der Waals surface area contributed by atoms with Crippen LogP contribution in [0.4, 0.5) is 0 Å². The van der Waals surface area contributed by atoms with Gasteiger partial charge in [-0.15, -0.1) is 6.42 Å². The molecular formula is C10H10ClNO. The van der Waals surface area contributed by atoms with Crippen molar-refractivity contribution in [3.8, 4) is 12.3 Å². The molecule has 0 aromatic rings. The molecule has 0 saturated heterocycles. The maximum atomic E-state index is 11.4. The Morgan fingerprint density at radius 2 is 2.54 bits per heavy atom. The highest BCUT2D eigenvalue weighted by Crippen LogP contribution is 2.21. The van der Waals surface area contributed by atoms with Crippen molar-refractivity contribution in [3.63, 3.8) is 0 Å². The molecule has 1 aliphatic carbocycles.